The van der Waals surface area contributed by atoms with Crippen LogP contribution in [-0.2, 0) is 14.6 Å². The second-order valence-electron chi connectivity index (χ2n) is 6.51. The summed E-state index contributed by atoms with van der Waals surface area (Å²) in [6, 6.07) is 17.5. The maximum absolute atomic E-state index is 12.3. The molecule has 8 heteroatoms. The Labute approximate surface area is 161 Å². The van der Waals surface area contributed by atoms with Crippen molar-refractivity contribution in [2.75, 3.05) is 17.3 Å². The Bertz CT molecular complexity index is 1080. The molecule has 1 N–H and O–H groups in total. The van der Waals surface area contributed by atoms with Crippen molar-refractivity contribution < 1.29 is 13.2 Å². The van der Waals surface area contributed by atoms with Crippen molar-refractivity contribution in [1.29, 1.82) is 0 Å². The van der Waals surface area contributed by atoms with Gasteiger partial charge in [-0.1, -0.05) is 42.1 Å². The van der Waals surface area contributed by atoms with Gasteiger partial charge in [-0.2, -0.15) is 0 Å². The van der Waals surface area contributed by atoms with Gasteiger partial charge in [-0.15, -0.1) is 0 Å². The molecular formula is C19H19N3O3S2. The van der Waals surface area contributed by atoms with E-state index in [-0.39, 0.29) is 29.2 Å². The number of carbonyl (C=O) groups is 1. The average molecular weight is 402 g/mol. The number of rotatable bonds is 5. The van der Waals surface area contributed by atoms with E-state index in [9.17, 15) is 13.2 Å². The van der Waals surface area contributed by atoms with E-state index in [1.165, 1.54) is 11.8 Å². The van der Waals surface area contributed by atoms with E-state index in [2.05, 4.69) is 10.3 Å². The number of hydrogen-bond donors (Lipinski definition) is 1. The lowest BCUT2D eigenvalue weighted by molar-refractivity contribution is -0.119. The highest BCUT2D eigenvalue weighted by Crippen LogP contribution is 2.27. The number of nitrogens with one attached hydrogen (secondary N) is 1. The van der Waals surface area contributed by atoms with Crippen LogP contribution in [0, 0.1) is 0 Å². The Morgan fingerprint density at radius 3 is 2.63 bits per heavy atom. The summed E-state index contributed by atoms with van der Waals surface area (Å²) in [5.41, 5.74) is 2.83. The maximum Gasteiger partial charge on any atom is 0.230 e. The van der Waals surface area contributed by atoms with Gasteiger partial charge in [0.15, 0.2) is 15.0 Å². The molecule has 0 aliphatic carbocycles. The van der Waals surface area contributed by atoms with Gasteiger partial charge in [0, 0.05) is 11.7 Å². The van der Waals surface area contributed by atoms with E-state index in [1.807, 2.05) is 59.2 Å². The molecule has 27 heavy (non-hydrogen) atoms. The van der Waals surface area contributed by atoms with Crippen LogP contribution in [0.1, 0.15) is 6.42 Å². The van der Waals surface area contributed by atoms with Crippen LogP contribution in [0.4, 0.5) is 0 Å². The minimum atomic E-state index is -3.01. The van der Waals surface area contributed by atoms with Gasteiger partial charge < -0.3 is 5.32 Å². The molecule has 1 amide bonds. The van der Waals surface area contributed by atoms with Crippen molar-refractivity contribution in [2.45, 2.75) is 17.6 Å². The van der Waals surface area contributed by atoms with E-state index in [1.54, 1.807) is 0 Å². The quantitative estimate of drug-likeness (QED) is 0.664. The number of fused-ring (bicyclic) bond motifs is 1. The standard InChI is InChI=1S/C19H19N3O3S2/c23-18(20-14-10-11-27(24,25)13-14)12-26-19-21-16-8-4-5-9-17(16)22(19)15-6-2-1-3-7-15/h1-9,14H,10-13H2,(H,20,23)/t14-/m0/s1. The van der Waals surface area contributed by atoms with Crippen molar-refractivity contribution in [1.82, 2.24) is 14.9 Å². The number of nitrogens with zero attached hydrogens (tertiary/aromatic N) is 2. The molecule has 0 spiro atoms. The summed E-state index contributed by atoms with van der Waals surface area (Å²) in [5, 5.41) is 3.55. The van der Waals surface area contributed by atoms with Gasteiger partial charge in [0.05, 0.1) is 28.3 Å². The SMILES string of the molecule is O=C(CSc1nc2ccccc2n1-c1ccccc1)N[C@H]1CCS(=O)(=O)C1. The van der Waals surface area contributed by atoms with E-state index < -0.39 is 9.84 Å². The third-order valence-corrected chi connectivity index (χ3v) is 7.18. The van der Waals surface area contributed by atoms with Crippen LogP contribution in [0.2, 0.25) is 0 Å². The van der Waals surface area contributed by atoms with E-state index in [0.29, 0.717) is 6.42 Å². The topological polar surface area (TPSA) is 81.1 Å². The lowest BCUT2D eigenvalue weighted by Gasteiger charge is -2.11. The Morgan fingerprint density at radius 2 is 1.89 bits per heavy atom. The summed E-state index contributed by atoms with van der Waals surface area (Å²) in [6.45, 7) is 0. The Balaban J connectivity index is 1.53. The number of aromatic nitrogens is 2. The van der Waals surface area contributed by atoms with Gasteiger partial charge in [0.2, 0.25) is 5.91 Å². The molecule has 1 fully saturated rings. The number of para-hydroxylation sites is 3. The van der Waals surface area contributed by atoms with E-state index >= 15 is 0 Å². The van der Waals surface area contributed by atoms with Gasteiger partial charge >= 0.3 is 0 Å². The molecule has 140 valence electrons. The number of benzene rings is 2. The highest BCUT2D eigenvalue weighted by Gasteiger charge is 2.29. The zero-order valence-electron chi connectivity index (χ0n) is 14.5. The molecule has 0 radical (unpaired) electrons. The number of amides is 1. The minimum Gasteiger partial charge on any atom is -0.352 e. The monoisotopic (exact) mass is 401 g/mol. The molecule has 1 aliphatic heterocycles. The van der Waals surface area contributed by atoms with Crippen LogP contribution in [0.25, 0.3) is 16.7 Å². The van der Waals surface area contributed by atoms with Gasteiger partial charge in [-0.05, 0) is 30.7 Å². The molecule has 0 bridgehead atoms. The first-order chi connectivity index (χ1) is 13.0. The second kappa shape index (κ2) is 7.36. The molecule has 2 heterocycles. The zero-order chi connectivity index (χ0) is 18.9. The van der Waals surface area contributed by atoms with Crippen LogP contribution in [0.3, 0.4) is 0 Å². The fourth-order valence-electron chi connectivity index (χ4n) is 3.24. The summed E-state index contributed by atoms with van der Waals surface area (Å²) in [4.78, 5) is 16.9. The number of sulfone groups is 1. The fraction of sp³-hybridized carbons (Fsp3) is 0.263. The summed E-state index contributed by atoms with van der Waals surface area (Å²) < 4.78 is 25.1. The molecular weight excluding hydrogens is 382 g/mol. The summed E-state index contributed by atoms with van der Waals surface area (Å²) in [6.07, 6.45) is 0.487. The molecule has 0 saturated carbocycles. The minimum absolute atomic E-state index is 0.0337. The first kappa shape index (κ1) is 18.1. The second-order valence-corrected chi connectivity index (χ2v) is 9.68. The summed E-state index contributed by atoms with van der Waals surface area (Å²) in [5.74, 6) is 0.196. The smallest absolute Gasteiger partial charge is 0.230 e. The largest absolute Gasteiger partial charge is 0.352 e. The van der Waals surface area contributed by atoms with Crippen molar-refractivity contribution in [3.8, 4) is 5.69 Å². The fourth-order valence-corrected chi connectivity index (χ4v) is 5.75. The maximum atomic E-state index is 12.3. The van der Waals surface area contributed by atoms with Gasteiger partial charge in [-0.25, -0.2) is 13.4 Å². The van der Waals surface area contributed by atoms with Crippen LogP contribution in [-0.4, -0.2) is 47.2 Å². The zero-order valence-corrected chi connectivity index (χ0v) is 16.2. The lowest BCUT2D eigenvalue weighted by Crippen LogP contribution is -2.36. The lowest BCUT2D eigenvalue weighted by atomic mass is 10.3. The molecule has 3 aromatic rings. The van der Waals surface area contributed by atoms with Crippen molar-refractivity contribution in [3.05, 3.63) is 54.6 Å². The molecule has 1 atom stereocenters. The van der Waals surface area contributed by atoms with Crippen molar-refractivity contribution >= 4 is 38.5 Å². The van der Waals surface area contributed by atoms with Crippen LogP contribution >= 0.6 is 11.8 Å². The number of hydrogen-bond acceptors (Lipinski definition) is 5. The number of carbonyl (C=O) groups excluding carboxylic acids is 1. The predicted molar refractivity (Wildman–Crippen MR) is 107 cm³/mol. The molecule has 1 aliphatic rings. The Hall–Kier alpha value is -2.32. The normalized spacial score (nSPS) is 18.6. The first-order valence-corrected chi connectivity index (χ1v) is 11.5. The third-order valence-electron chi connectivity index (χ3n) is 4.47. The van der Waals surface area contributed by atoms with Gasteiger partial charge in [0.25, 0.3) is 0 Å². The van der Waals surface area contributed by atoms with Crippen LogP contribution in [0.5, 0.6) is 0 Å². The number of thioether (sulfide) groups is 1. The summed E-state index contributed by atoms with van der Waals surface area (Å²) >= 11 is 1.35. The molecule has 6 nitrogen and oxygen atoms in total. The molecule has 1 saturated heterocycles. The van der Waals surface area contributed by atoms with Crippen LogP contribution in [0.15, 0.2) is 59.8 Å². The third kappa shape index (κ3) is 4.01. The molecule has 2 aromatic carbocycles. The summed E-state index contributed by atoms with van der Waals surface area (Å²) in [7, 11) is -3.01. The van der Waals surface area contributed by atoms with Gasteiger partial charge in [0.1, 0.15) is 0 Å². The van der Waals surface area contributed by atoms with Crippen molar-refractivity contribution in [2.24, 2.45) is 0 Å². The van der Waals surface area contributed by atoms with E-state index in [4.69, 9.17) is 0 Å². The molecule has 0 unspecified atom stereocenters. The van der Waals surface area contributed by atoms with Gasteiger partial charge in [-0.3, -0.25) is 9.36 Å². The Kier molecular flexibility index (Phi) is 4.92. The van der Waals surface area contributed by atoms with Crippen molar-refractivity contribution in [3.63, 3.8) is 0 Å². The average Bonchev–Trinajstić information content (AvgIpc) is 3.20. The molecule has 1 aromatic heterocycles. The van der Waals surface area contributed by atoms with Crippen LogP contribution < -0.4 is 5.32 Å². The molecule has 4 rings (SSSR count). The Morgan fingerprint density at radius 1 is 1.15 bits per heavy atom. The first-order valence-electron chi connectivity index (χ1n) is 8.67. The highest BCUT2D eigenvalue weighted by molar-refractivity contribution is 7.99. The predicted octanol–water partition coefficient (Wildman–Crippen LogP) is 2.42. The number of imidazole rings is 1. The van der Waals surface area contributed by atoms with E-state index in [0.717, 1.165) is 21.9 Å². The highest BCUT2D eigenvalue weighted by atomic mass is 32.2.